The lowest BCUT2D eigenvalue weighted by atomic mass is 10.0. The lowest BCUT2D eigenvalue weighted by molar-refractivity contribution is -0.118. The average molecular weight is 590 g/mol. The first-order valence-corrected chi connectivity index (χ1v) is 13.6. The van der Waals surface area contributed by atoms with E-state index in [0.717, 1.165) is 0 Å². The Morgan fingerprint density at radius 2 is 1.50 bits per heavy atom. The zero-order valence-corrected chi connectivity index (χ0v) is 22.5. The van der Waals surface area contributed by atoms with Crippen LogP contribution < -0.4 is 14.8 Å². The molecule has 2 N–H and O–H groups in total. The molecule has 0 bridgehead atoms. The molecule has 0 aliphatic heterocycles. The third-order valence-corrected chi connectivity index (χ3v) is 7.58. The van der Waals surface area contributed by atoms with Gasteiger partial charge in [-0.25, -0.2) is 8.42 Å². The molecule has 0 heterocycles. The van der Waals surface area contributed by atoms with Crippen LogP contribution in [0.25, 0.3) is 0 Å². The molecule has 0 aromatic heterocycles. The summed E-state index contributed by atoms with van der Waals surface area (Å²) < 4.78 is 33.2. The highest BCUT2D eigenvalue weighted by Gasteiger charge is 2.17. The molecule has 0 radical (unpaired) electrons. The molecule has 194 valence electrons. The van der Waals surface area contributed by atoms with Gasteiger partial charge in [0, 0.05) is 16.1 Å². The summed E-state index contributed by atoms with van der Waals surface area (Å²) in [6, 6.07) is 23.1. The summed E-state index contributed by atoms with van der Waals surface area (Å²) in [5, 5.41) is 3.52. The second-order valence-corrected chi connectivity index (χ2v) is 10.9. The second-order valence-electron chi connectivity index (χ2n) is 7.93. The number of benzene rings is 4. The molecule has 0 fully saturated rings. The van der Waals surface area contributed by atoms with Crippen LogP contribution in [0.15, 0.2) is 95.9 Å². The average Bonchev–Trinajstić information content (AvgIpc) is 2.91. The largest absolute Gasteiger partial charge is 0.484 e. The number of amides is 1. The first kappa shape index (κ1) is 27.5. The maximum atomic E-state index is 12.9. The van der Waals surface area contributed by atoms with Gasteiger partial charge in [-0.1, -0.05) is 65.1 Å². The minimum Gasteiger partial charge on any atom is -0.484 e. The van der Waals surface area contributed by atoms with Gasteiger partial charge in [-0.15, -0.1) is 0 Å². The van der Waals surface area contributed by atoms with Gasteiger partial charge in [-0.05, 0) is 60.7 Å². The molecule has 4 aromatic carbocycles. The number of carbonyl (C=O) groups is 2. The van der Waals surface area contributed by atoms with Crippen LogP contribution in [0, 0.1) is 0 Å². The van der Waals surface area contributed by atoms with Gasteiger partial charge in [-0.3, -0.25) is 14.3 Å². The minimum atomic E-state index is -3.90. The summed E-state index contributed by atoms with van der Waals surface area (Å²) in [7, 11) is -3.90. The minimum absolute atomic E-state index is 0.0226. The van der Waals surface area contributed by atoms with Crippen molar-refractivity contribution in [1.29, 1.82) is 0 Å². The first-order chi connectivity index (χ1) is 18.1. The smallest absolute Gasteiger partial charge is 0.262 e. The Morgan fingerprint density at radius 1 is 0.789 bits per heavy atom. The summed E-state index contributed by atoms with van der Waals surface area (Å²) in [5.74, 6) is -0.548. The highest BCUT2D eigenvalue weighted by Crippen LogP contribution is 2.27. The number of hydrogen-bond donors (Lipinski definition) is 2. The Morgan fingerprint density at radius 3 is 2.18 bits per heavy atom. The van der Waals surface area contributed by atoms with E-state index in [4.69, 9.17) is 39.5 Å². The zero-order chi connectivity index (χ0) is 27.3. The molecule has 0 saturated heterocycles. The highest BCUT2D eigenvalue weighted by atomic mass is 35.5. The molecule has 0 spiro atoms. The number of carbonyl (C=O) groups excluding carboxylic acids is 2. The van der Waals surface area contributed by atoms with Gasteiger partial charge < -0.3 is 10.1 Å². The first-order valence-electron chi connectivity index (χ1n) is 11.0. The predicted octanol–water partition coefficient (Wildman–Crippen LogP) is 6.70. The molecule has 0 saturated carbocycles. The molecule has 0 atom stereocenters. The van der Waals surface area contributed by atoms with Crippen LogP contribution in [0.2, 0.25) is 15.1 Å². The number of sulfonamides is 1. The van der Waals surface area contributed by atoms with Crippen LogP contribution in [-0.4, -0.2) is 26.7 Å². The normalized spacial score (nSPS) is 11.0. The second kappa shape index (κ2) is 11.9. The lowest BCUT2D eigenvalue weighted by Gasteiger charge is -2.12. The fraction of sp³-hybridized carbons (Fsp3) is 0.0370. The van der Waals surface area contributed by atoms with Crippen molar-refractivity contribution in [3.8, 4) is 5.75 Å². The van der Waals surface area contributed by atoms with Crippen LogP contribution in [0.4, 0.5) is 11.4 Å². The Labute approximate surface area is 234 Å². The van der Waals surface area contributed by atoms with E-state index in [1.807, 2.05) is 0 Å². The summed E-state index contributed by atoms with van der Waals surface area (Å²) in [6.45, 7) is -0.380. The highest BCUT2D eigenvalue weighted by molar-refractivity contribution is 7.92. The fourth-order valence-corrected chi connectivity index (χ4v) is 4.90. The van der Waals surface area contributed by atoms with Gasteiger partial charge in [0.2, 0.25) is 0 Å². The zero-order valence-electron chi connectivity index (χ0n) is 19.5. The SMILES string of the molecule is O=C(COc1ccc(S(=O)(=O)Nc2ccc(Cl)c(Cl)c2)cc1)Nc1ccc(Cl)cc1C(=O)c1ccccc1. The molecule has 38 heavy (non-hydrogen) atoms. The molecule has 7 nitrogen and oxygen atoms in total. The van der Waals surface area contributed by atoms with E-state index in [1.54, 1.807) is 36.4 Å². The maximum Gasteiger partial charge on any atom is 0.262 e. The summed E-state index contributed by atoms with van der Waals surface area (Å²) in [6.07, 6.45) is 0. The number of halogens is 3. The van der Waals surface area contributed by atoms with E-state index in [9.17, 15) is 18.0 Å². The van der Waals surface area contributed by atoms with Crippen LogP contribution in [0.1, 0.15) is 15.9 Å². The van der Waals surface area contributed by atoms with Crippen LogP contribution in [0.5, 0.6) is 5.75 Å². The predicted molar refractivity (Wildman–Crippen MR) is 149 cm³/mol. The molecule has 11 heteroatoms. The number of rotatable bonds is 9. The molecule has 0 unspecified atom stereocenters. The van der Waals surface area contributed by atoms with Crippen LogP contribution >= 0.6 is 34.8 Å². The molecular weight excluding hydrogens is 571 g/mol. The van der Waals surface area contributed by atoms with E-state index in [2.05, 4.69) is 10.0 Å². The maximum absolute atomic E-state index is 12.9. The van der Waals surface area contributed by atoms with Crippen molar-refractivity contribution < 1.29 is 22.7 Å². The van der Waals surface area contributed by atoms with Crippen LogP contribution in [0.3, 0.4) is 0 Å². The Balaban J connectivity index is 1.39. The van der Waals surface area contributed by atoms with Crippen molar-refractivity contribution in [3.05, 3.63) is 117 Å². The summed E-state index contributed by atoms with van der Waals surface area (Å²) >= 11 is 17.9. The van der Waals surface area contributed by atoms with E-state index in [-0.39, 0.29) is 45.0 Å². The summed E-state index contributed by atoms with van der Waals surface area (Å²) in [5.41, 5.74) is 1.22. The number of hydrogen-bond acceptors (Lipinski definition) is 5. The third kappa shape index (κ3) is 6.85. The van der Waals surface area contributed by atoms with Crippen molar-refractivity contribution in [2.45, 2.75) is 4.90 Å². The third-order valence-electron chi connectivity index (χ3n) is 5.21. The van der Waals surface area contributed by atoms with E-state index in [0.29, 0.717) is 15.6 Å². The quantitative estimate of drug-likeness (QED) is 0.212. The van der Waals surface area contributed by atoms with Crippen molar-refractivity contribution in [2.24, 2.45) is 0 Å². The standard InChI is InChI=1S/C27H19Cl3N2O5S/c28-18-6-13-25(22(14-18)27(34)17-4-2-1-3-5-17)31-26(33)16-37-20-8-10-21(11-9-20)38(35,36)32-19-7-12-23(29)24(30)15-19/h1-15,32H,16H2,(H,31,33). The van der Waals surface area contributed by atoms with E-state index in [1.165, 1.54) is 54.6 Å². The number of ether oxygens (including phenoxy) is 1. The number of nitrogens with one attached hydrogen (secondary N) is 2. The van der Waals surface area contributed by atoms with Crippen molar-refractivity contribution in [1.82, 2.24) is 0 Å². The number of ketones is 1. The Bertz CT molecular complexity index is 1600. The fourth-order valence-electron chi connectivity index (χ4n) is 3.38. The number of anilines is 2. The Hall–Kier alpha value is -3.56. The van der Waals surface area contributed by atoms with Crippen molar-refractivity contribution >= 4 is 67.9 Å². The topological polar surface area (TPSA) is 102 Å². The van der Waals surface area contributed by atoms with Gasteiger partial charge in [0.15, 0.2) is 12.4 Å². The van der Waals surface area contributed by atoms with Gasteiger partial charge >= 0.3 is 0 Å². The van der Waals surface area contributed by atoms with Crippen molar-refractivity contribution in [2.75, 3.05) is 16.6 Å². The van der Waals surface area contributed by atoms with E-state index >= 15 is 0 Å². The molecule has 1 amide bonds. The summed E-state index contributed by atoms with van der Waals surface area (Å²) in [4.78, 5) is 25.5. The molecule has 4 rings (SSSR count). The molecule has 4 aromatic rings. The Kier molecular flexibility index (Phi) is 8.58. The van der Waals surface area contributed by atoms with E-state index < -0.39 is 15.9 Å². The van der Waals surface area contributed by atoms with Gasteiger partial charge in [0.25, 0.3) is 15.9 Å². The molecule has 0 aliphatic rings. The van der Waals surface area contributed by atoms with Gasteiger partial charge in [0.05, 0.1) is 26.3 Å². The van der Waals surface area contributed by atoms with Crippen LogP contribution in [-0.2, 0) is 14.8 Å². The monoisotopic (exact) mass is 588 g/mol. The van der Waals surface area contributed by atoms with Gasteiger partial charge in [-0.2, -0.15) is 0 Å². The van der Waals surface area contributed by atoms with Gasteiger partial charge in [0.1, 0.15) is 5.75 Å². The molecular formula is C27H19Cl3N2O5S. The molecule has 0 aliphatic carbocycles. The lowest BCUT2D eigenvalue weighted by Crippen LogP contribution is -2.21. The van der Waals surface area contributed by atoms with Crippen molar-refractivity contribution in [3.63, 3.8) is 0 Å².